The number of aliphatic imine (C=N–C) groups is 1. The summed E-state index contributed by atoms with van der Waals surface area (Å²) in [6.07, 6.45) is 2.40. The van der Waals surface area contributed by atoms with E-state index >= 15 is 0 Å². The molecule has 1 aromatic carbocycles. The second kappa shape index (κ2) is 7.33. The molecule has 128 valence electrons. The highest BCUT2D eigenvalue weighted by molar-refractivity contribution is 5.80. The standard InChI is InChI=1S/C17H24N6O/c1-12-21-22-16(23(12)2)11-19-17(20-14-6-7-14)18-10-13-4-8-15(24-3)9-5-13/h4-5,8-9,14H,6-7,10-11H2,1-3H3,(H2,18,19,20). The van der Waals surface area contributed by atoms with Gasteiger partial charge in [0.05, 0.1) is 20.2 Å². The molecule has 24 heavy (non-hydrogen) atoms. The zero-order valence-electron chi connectivity index (χ0n) is 14.4. The Morgan fingerprint density at radius 3 is 2.62 bits per heavy atom. The molecule has 1 aliphatic rings. The second-order valence-electron chi connectivity index (χ2n) is 6.01. The summed E-state index contributed by atoms with van der Waals surface area (Å²) in [6.45, 7) is 3.15. The smallest absolute Gasteiger partial charge is 0.192 e. The fraction of sp³-hybridized carbons (Fsp3) is 0.471. The van der Waals surface area contributed by atoms with Gasteiger partial charge in [0.2, 0.25) is 0 Å². The van der Waals surface area contributed by atoms with Gasteiger partial charge < -0.3 is 19.9 Å². The Labute approximate surface area is 142 Å². The Balaban J connectivity index is 1.62. The van der Waals surface area contributed by atoms with Crippen molar-refractivity contribution in [2.45, 2.75) is 38.9 Å². The van der Waals surface area contributed by atoms with Gasteiger partial charge in [-0.1, -0.05) is 12.1 Å². The first-order chi connectivity index (χ1) is 11.7. The molecule has 0 amide bonds. The number of rotatable bonds is 6. The molecule has 3 rings (SSSR count). The van der Waals surface area contributed by atoms with E-state index in [1.54, 1.807) is 7.11 Å². The van der Waals surface area contributed by atoms with Crippen molar-refractivity contribution >= 4 is 5.96 Å². The third-order valence-corrected chi connectivity index (χ3v) is 4.09. The van der Waals surface area contributed by atoms with Crippen LogP contribution in [0.1, 0.15) is 30.1 Å². The molecule has 0 atom stereocenters. The van der Waals surface area contributed by atoms with E-state index in [4.69, 9.17) is 4.74 Å². The summed E-state index contributed by atoms with van der Waals surface area (Å²) in [5.74, 6) is 3.46. The summed E-state index contributed by atoms with van der Waals surface area (Å²) in [5, 5.41) is 15.0. The number of hydrogen-bond donors (Lipinski definition) is 2. The van der Waals surface area contributed by atoms with Crippen LogP contribution in [0.4, 0.5) is 0 Å². The van der Waals surface area contributed by atoms with E-state index in [0.717, 1.165) is 28.9 Å². The van der Waals surface area contributed by atoms with Gasteiger partial charge in [0.25, 0.3) is 0 Å². The quantitative estimate of drug-likeness (QED) is 0.621. The lowest BCUT2D eigenvalue weighted by molar-refractivity contribution is 0.414. The average Bonchev–Trinajstić information content (AvgIpc) is 3.37. The van der Waals surface area contributed by atoms with Crippen LogP contribution in [0.2, 0.25) is 0 Å². The molecule has 7 nitrogen and oxygen atoms in total. The van der Waals surface area contributed by atoms with E-state index < -0.39 is 0 Å². The van der Waals surface area contributed by atoms with Gasteiger partial charge in [0.1, 0.15) is 11.6 Å². The minimum atomic E-state index is 0.536. The highest BCUT2D eigenvalue weighted by Gasteiger charge is 2.22. The number of hydrogen-bond acceptors (Lipinski definition) is 4. The van der Waals surface area contributed by atoms with Crippen LogP contribution in [-0.2, 0) is 20.1 Å². The Morgan fingerprint density at radius 2 is 2.04 bits per heavy atom. The van der Waals surface area contributed by atoms with Gasteiger partial charge in [-0.3, -0.25) is 0 Å². The zero-order valence-corrected chi connectivity index (χ0v) is 14.4. The molecular formula is C17H24N6O. The number of nitrogens with zero attached hydrogens (tertiary/aromatic N) is 4. The van der Waals surface area contributed by atoms with Gasteiger partial charge in [-0.2, -0.15) is 0 Å². The average molecular weight is 328 g/mol. The third-order valence-electron chi connectivity index (χ3n) is 4.09. The van der Waals surface area contributed by atoms with Crippen molar-refractivity contribution in [2.24, 2.45) is 12.0 Å². The topological polar surface area (TPSA) is 76.4 Å². The minimum absolute atomic E-state index is 0.536. The summed E-state index contributed by atoms with van der Waals surface area (Å²) in [6, 6.07) is 8.50. The highest BCUT2D eigenvalue weighted by Crippen LogP contribution is 2.18. The first kappa shape index (κ1) is 16.3. The Bertz CT molecular complexity index is 702. The monoisotopic (exact) mass is 328 g/mol. The first-order valence-corrected chi connectivity index (χ1v) is 8.18. The number of aryl methyl sites for hydroxylation is 1. The van der Waals surface area contributed by atoms with Crippen LogP contribution in [0.3, 0.4) is 0 Å². The fourth-order valence-corrected chi connectivity index (χ4v) is 2.24. The number of nitrogens with one attached hydrogen (secondary N) is 2. The van der Waals surface area contributed by atoms with Gasteiger partial charge in [0.15, 0.2) is 11.8 Å². The third kappa shape index (κ3) is 4.24. The number of ether oxygens (including phenoxy) is 1. The van der Waals surface area contributed by atoms with E-state index in [0.29, 0.717) is 19.1 Å². The largest absolute Gasteiger partial charge is 0.497 e. The number of guanidine groups is 1. The Kier molecular flexibility index (Phi) is 4.98. The predicted octanol–water partition coefficient (Wildman–Crippen LogP) is 1.53. The SMILES string of the molecule is COc1ccc(CN=C(NCc2nnc(C)n2C)NC2CC2)cc1. The molecular weight excluding hydrogens is 304 g/mol. The van der Waals surface area contributed by atoms with Crippen LogP contribution in [-0.4, -0.2) is 33.9 Å². The highest BCUT2D eigenvalue weighted by atomic mass is 16.5. The van der Waals surface area contributed by atoms with E-state index in [9.17, 15) is 0 Å². The van der Waals surface area contributed by atoms with Gasteiger partial charge in [-0.15, -0.1) is 10.2 Å². The maximum Gasteiger partial charge on any atom is 0.192 e. The van der Waals surface area contributed by atoms with Gasteiger partial charge in [-0.25, -0.2) is 4.99 Å². The molecule has 0 unspecified atom stereocenters. The Hall–Kier alpha value is -2.57. The van der Waals surface area contributed by atoms with Crippen molar-refractivity contribution < 1.29 is 4.74 Å². The lowest BCUT2D eigenvalue weighted by Crippen LogP contribution is -2.38. The minimum Gasteiger partial charge on any atom is -0.497 e. The van der Waals surface area contributed by atoms with Crippen molar-refractivity contribution in [3.63, 3.8) is 0 Å². The fourth-order valence-electron chi connectivity index (χ4n) is 2.24. The maximum atomic E-state index is 5.18. The molecule has 1 heterocycles. The van der Waals surface area contributed by atoms with E-state index in [1.165, 1.54) is 12.8 Å². The predicted molar refractivity (Wildman–Crippen MR) is 92.9 cm³/mol. The summed E-state index contributed by atoms with van der Waals surface area (Å²) in [7, 11) is 3.64. The summed E-state index contributed by atoms with van der Waals surface area (Å²) in [5.41, 5.74) is 1.14. The van der Waals surface area contributed by atoms with Crippen LogP contribution in [0, 0.1) is 6.92 Å². The van der Waals surface area contributed by atoms with Gasteiger partial charge in [-0.05, 0) is 37.5 Å². The van der Waals surface area contributed by atoms with Crippen molar-refractivity contribution in [3.05, 3.63) is 41.5 Å². The molecule has 1 saturated carbocycles. The molecule has 0 radical (unpaired) electrons. The summed E-state index contributed by atoms with van der Waals surface area (Å²) < 4.78 is 7.16. The molecule has 2 aromatic rings. The first-order valence-electron chi connectivity index (χ1n) is 8.18. The molecule has 1 aliphatic carbocycles. The van der Waals surface area contributed by atoms with Crippen LogP contribution in [0.15, 0.2) is 29.3 Å². The van der Waals surface area contributed by atoms with E-state index in [-0.39, 0.29) is 0 Å². The van der Waals surface area contributed by atoms with E-state index in [2.05, 4.69) is 25.8 Å². The Morgan fingerprint density at radius 1 is 1.29 bits per heavy atom. The normalized spacial score (nSPS) is 14.5. The summed E-state index contributed by atoms with van der Waals surface area (Å²) >= 11 is 0. The van der Waals surface area contributed by atoms with Crippen molar-refractivity contribution in [3.8, 4) is 5.75 Å². The van der Waals surface area contributed by atoms with Gasteiger partial charge in [0, 0.05) is 13.1 Å². The van der Waals surface area contributed by atoms with Crippen molar-refractivity contribution in [2.75, 3.05) is 7.11 Å². The van der Waals surface area contributed by atoms with Crippen LogP contribution < -0.4 is 15.4 Å². The molecule has 2 N–H and O–H groups in total. The molecule has 0 saturated heterocycles. The number of methoxy groups -OCH3 is 1. The molecule has 7 heteroatoms. The maximum absolute atomic E-state index is 5.18. The molecule has 1 aromatic heterocycles. The molecule has 1 fully saturated rings. The molecule has 0 aliphatic heterocycles. The second-order valence-corrected chi connectivity index (χ2v) is 6.01. The van der Waals surface area contributed by atoms with Crippen molar-refractivity contribution in [1.82, 2.24) is 25.4 Å². The van der Waals surface area contributed by atoms with Crippen LogP contribution in [0.5, 0.6) is 5.75 Å². The van der Waals surface area contributed by atoms with E-state index in [1.807, 2.05) is 42.8 Å². The number of benzene rings is 1. The lowest BCUT2D eigenvalue weighted by atomic mass is 10.2. The van der Waals surface area contributed by atoms with Gasteiger partial charge >= 0.3 is 0 Å². The van der Waals surface area contributed by atoms with Crippen molar-refractivity contribution in [1.29, 1.82) is 0 Å². The lowest BCUT2D eigenvalue weighted by Gasteiger charge is -2.12. The molecule has 0 spiro atoms. The number of aromatic nitrogens is 3. The van der Waals surface area contributed by atoms with Crippen LogP contribution in [0.25, 0.3) is 0 Å². The summed E-state index contributed by atoms with van der Waals surface area (Å²) in [4.78, 5) is 4.68. The zero-order chi connectivity index (χ0) is 16.9. The van der Waals surface area contributed by atoms with Crippen LogP contribution >= 0.6 is 0 Å². The molecule has 0 bridgehead atoms.